The van der Waals surface area contributed by atoms with E-state index in [0.29, 0.717) is 6.42 Å². The van der Waals surface area contributed by atoms with Crippen molar-refractivity contribution in [1.29, 1.82) is 0 Å². The molecule has 0 aliphatic rings. The van der Waals surface area contributed by atoms with E-state index >= 15 is 0 Å². The first kappa shape index (κ1) is 14.1. The van der Waals surface area contributed by atoms with Crippen molar-refractivity contribution in [3.8, 4) is 0 Å². The summed E-state index contributed by atoms with van der Waals surface area (Å²) in [6.07, 6.45) is -0.910. The molecule has 0 amide bonds. The Hall–Kier alpha value is -1.01. The summed E-state index contributed by atoms with van der Waals surface area (Å²) in [6, 6.07) is 0. The predicted molar refractivity (Wildman–Crippen MR) is 58.9 cm³/mol. The summed E-state index contributed by atoms with van der Waals surface area (Å²) in [5, 5.41) is 22.8. The Labute approximate surface area is 98.9 Å². The fourth-order valence-electron chi connectivity index (χ4n) is 1.90. The zero-order valence-electron chi connectivity index (χ0n) is 9.98. The van der Waals surface area contributed by atoms with Crippen molar-refractivity contribution in [2.75, 3.05) is 6.61 Å². The van der Waals surface area contributed by atoms with Gasteiger partial charge in [0.15, 0.2) is 0 Å². The number of aliphatic hydroxyl groups is 2. The summed E-state index contributed by atoms with van der Waals surface area (Å²) in [5.74, 6) is -0.701. The van der Waals surface area contributed by atoms with Crippen LogP contribution in [-0.2, 0) is 7.05 Å². The van der Waals surface area contributed by atoms with Crippen molar-refractivity contribution in [2.45, 2.75) is 38.2 Å². The number of aliphatic hydroxyl groups excluding tert-OH is 2. The van der Waals surface area contributed by atoms with Gasteiger partial charge in [-0.1, -0.05) is 13.3 Å². The number of rotatable bonds is 6. The second-order valence-electron chi connectivity index (χ2n) is 4.09. The van der Waals surface area contributed by atoms with E-state index in [1.807, 2.05) is 6.92 Å². The van der Waals surface area contributed by atoms with Crippen LogP contribution in [-0.4, -0.2) is 32.7 Å². The Kier molecular flexibility index (Phi) is 5.02. The van der Waals surface area contributed by atoms with Crippen LogP contribution < -0.4 is 0 Å². The van der Waals surface area contributed by atoms with E-state index in [2.05, 4.69) is 5.10 Å². The van der Waals surface area contributed by atoms with Crippen molar-refractivity contribution in [3.05, 3.63) is 17.5 Å². The highest BCUT2D eigenvalue weighted by Gasteiger charge is 2.28. The van der Waals surface area contributed by atoms with Gasteiger partial charge in [0.1, 0.15) is 5.69 Å². The molecule has 1 heterocycles. The Morgan fingerprint density at radius 3 is 2.59 bits per heavy atom. The van der Waals surface area contributed by atoms with Crippen LogP contribution in [0, 0.1) is 0 Å². The summed E-state index contributed by atoms with van der Waals surface area (Å²) in [4.78, 5) is 0. The van der Waals surface area contributed by atoms with Crippen molar-refractivity contribution in [3.63, 3.8) is 0 Å². The molecule has 2 N–H and O–H groups in total. The summed E-state index contributed by atoms with van der Waals surface area (Å²) in [6.45, 7) is 1.52. The molecule has 17 heavy (non-hydrogen) atoms. The van der Waals surface area contributed by atoms with Gasteiger partial charge >= 0.3 is 0 Å². The van der Waals surface area contributed by atoms with Crippen LogP contribution in [0.2, 0.25) is 0 Å². The molecule has 2 atom stereocenters. The summed E-state index contributed by atoms with van der Waals surface area (Å²) < 4.78 is 26.8. The molecule has 0 aliphatic heterocycles. The number of hydrogen-bond acceptors (Lipinski definition) is 3. The Bertz CT molecular complexity index is 355. The normalized spacial score (nSPS) is 15.2. The molecule has 98 valence electrons. The summed E-state index contributed by atoms with van der Waals surface area (Å²) in [5.41, 5.74) is -0.132. The van der Waals surface area contributed by atoms with Crippen LogP contribution in [0.4, 0.5) is 8.78 Å². The van der Waals surface area contributed by atoms with E-state index in [1.165, 1.54) is 17.9 Å². The quantitative estimate of drug-likeness (QED) is 0.803. The maximum atomic E-state index is 12.7. The third-order valence-corrected chi connectivity index (χ3v) is 2.74. The Balaban J connectivity index is 3.02. The van der Waals surface area contributed by atoms with Gasteiger partial charge in [-0.2, -0.15) is 5.10 Å². The molecular formula is C11H18F2N2O2. The number of aromatic nitrogens is 2. The number of alkyl halides is 2. The standard InChI is InChI=1S/C11H18F2N2O2/c1-3-4-9(17)8(6-16)7-5-15(2)14-10(7)11(12)13/h5,8-9,11,16-17H,3-4,6H2,1-2H3. The maximum Gasteiger partial charge on any atom is 0.282 e. The lowest BCUT2D eigenvalue weighted by molar-refractivity contribution is 0.0939. The minimum absolute atomic E-state index is 0.228. The molecule has 0 saturated heterocycles. The van der Waals surface area contributed by atoms with Crippen LogP contribution in [0.25, 0.3) is 0 Å². The molecule has 0 saturated carbocycles. The second kappa shape index (κ2) is 6.07. The average molecular weight is 248 g/mol. The Morgan fingerprint density at radius 1 is 1.47 bits per heavy atom. The lowest BCUT2D eigenvalue weighted by Gasteiger charge is -2.20. The largest absolute Gasteiger partial charge is 0.396 e. The lowest BCUT2D eigenvalue weighted by atomic mass is 9.92. The first-order valence-electron chi connectivity index (χ1n) is 5.61. The van der Waals surface area contributed by atoms with E-state index in [9.17, 15) is 19.0 Å². The average Bonchev–Trinajstić information content (AvgIpc) is 2.62. The van der Waals surface area contributed by atoms with E-state index in [4.69, 9.17) is 0 Å². The smallest absolute Gasteiger partial charge is 0.282 e. The number of aryl methyl sites for hydroxylation is 1. The molecule has 0 aromatic carbocycles. The topological polar surface area (TPSA) is 58.3 Å². The van der Waals surface area contributed by atoms with Crippen molar-refractivity contribution in [1.82, 2.24) is 9.78 Å². The summed E-state index contributed by atoms with van der Waals surface area (Å²) in [7, 11) is 1.54. The predicted octanol–water partition coefficient (Wildman–Crippen LogP) is 1.59. The van der Waals surface area contributed by atoms with Gasteiger partial charge in [0.25, 0.3) is 6.43 Å². The highest BCUT2D eigenvalue weighted by molar-refractivity contribution is 5.24. The van der Waals surface area contributed by atoms with E-state index in [-0.39, 0.29) is 17.9 Å². The fourth-order valence-corrected chi connectivity index (χ4v) is 1.90. The fraction of sp³-hybridized carbons (Fsp3) is 0.727. The third-order valence-electron chi connectivity index (χ3n) is 2.74. The maximum absolute atomic E-state index is 12.7. The zero-order chi connectivity index (χ0) is 13.0. The summed E-state index contributed by atoms with van der Waals surface area (Å²) >= 11 is 0. The van der Waals surface area contributed by atoms with E-state index < -0.39 is 18.4 Å². The van der Waals surface area contributed by atoms with Crippen LogP contribution in [0.1, 0.15) is 43.4 Å². The number of hydrogen-bond donors (Lipinski definition) is 2. The second-order valence-corrected chi connectivity index (χ2v) is 4.09. The molecule has 0 aliphatic carbocycles. The molecule has 1 rings (SSSR count). The first-order valence-corrected chi connectivity index (χ1v) is 5.61. The zero-order valence-corrected chi connectivity index (χ0v) is 9.98. The van der Waals surface area contributed by atoms with Crippen LogP contribution in [0.15, 0.2) is 6.20 Å². The Morgan fingerprint density at radius 2 is 2.12 bits per heavy atom. The SMILES string of the molecule is CCCC(O)C(CO)c1cn(C)nc1C(F)F. The molecule has 0 radical (unpaired) electrons. The molecule has 1 aromatic heterocycles. The third kappa shape index (κ3) is 3.23. The highest BCUT2D eigenvalue weighted by Crippen LogP contribution is 2.30. The highest BCUT2D eigenvalue weighted by atomic mass is 19.3. The van der Waals surface area contributed by atoms with Gasteiger partial charge < -0.3 is 10.2 Å². The van der Waals surface area contributed by atoms with E-state index in [0.717, 1.165) is 6.42 Å². The van der Waals surface area contributed by atoms with Crippen LogP contribution >= 0.6 is 0 Å². The van der Waals surface area contributed by atoms with Gasteiger partial charge in [-0.05, 0) is 6.42 Å². The minimum Gasteiger partial charge on any atom is -0.396 e. The molecular weight excluding hydrogens is 230 g/mol. The minimum atomic E-state index is -2.70. The van der Waals surface area contributed by atoms with Crippen LogP contribution in [0.3, 0.4) is 0 Å². The monoisotopic (exact) mass is 248 g/mol. The van der Waals surface area contributed by atoms with Gasteiger partial charge in [0, 0.05) is 24.7 Å². The molecule has 0 spiro atoms. The molecule has 0 fully saturated rings. The molecule has 6 heteroatoms. The molecule has 4 nitrogen and oxygen atoms in total. The number of nitrogens with zero attached hydrogens (tertiary/aromatic N) is 2. The molecule has 2 unspecified atom stereocenters. The van der Waals surface area contributed by atoms with Gasteiger partial charge in [-0.3, -0.25) is 4.68 Å². The van der Waals surface area contributed by atoms with Crippen molar-refractivity contribution >= 4 is 0 Å². The first-order chi connectivity index (χ1) is 8.01. The van der Waals surface area contributed by atoms with Gasteiger partial charge in [0.2, 0.25) is 0 Å². The van der Waals surface area contributed by atoms with Crippen LogP contribution in [0.5, 0.6) is 0 Å². The van der Waals surface area contributed by atoms with Gasteiger partial charge in [-0.15, -0.1) is 0 Å². The number of halogens is 2. The van der Waals surface area contributed by atoms with Gasteiger partial charge in [-0.25, -0.2) is 8.78 Å². The lowest BCUT2D eigenvalue weighted by Crippen LogP contribution is -2.22. The molecule has 1 aromatic rings. The van der Waals surface area contributed by atoms with Gasteiger partial charge in [0.05, 0.1) is 12.7 Å². The molecule has 0 bridgehead atoms. The van der Waals surface area contributed by atoms with E-state index in [1.54, 1.807) is 0 Å². The van der Waals surface area contributed by atoms with Crippen molar-refractivity contribution < 1.29 is 19.0 Å². The van der Waals surface area contributed by atoms with Crippen molar-refractivity contribution in [2.24, 2.45) is 7.05 Å².